The van der Waals surface area contributed by atoms with Crippen molar-refractivity contribution >= 4 is 17.6 Å². The number of carbonyl (C=O) groups is 1. The molecule has 1 aromatic carbocycles. The number of rotatable bonds is 3. The summed E-state index contributed by atoms with van der Waals surface area (Å²) in [7, 11) is 1.33. The molecule has 3 nitrogen and oxygen atoms in total. The Morgan fingerprint density at radius 3 is 2.67 bits per heavy atom. The molecule has 0 aromatic heterocycles. The first-order valence-corrected chi connectivity index (χ1v) is 4.93. The molecule has 0 heterocycles. The fourth-order valence-electron chi connectivity index (χ4n) is 1.15. The molecule has 1 rings (SSSR count). The number of esters is 1. The summed E-state index contributed by atoms with van der Waals surface area (Å²) in [5.74, 6) is 0.238. The number of benzene rings is 1. The van der Waals surface area contributed by atoms with Crippen LogP contribution in [0.25, 0.3) is 0 Å². The van der Waals surface area contributed by atoms with E-state index in [0.717, 1.165) is 5.56 Å². The van der Waals surface area contributed by atoms with Crippen LogP contribution in [-0.2, 0) is 9.53 Å². The number of hydrogen-bond donors (Lipinski definition) is 0. The number of methoxy groups -OCH3 is 1. The lowest BCUT2D eigenvalue weighted by molar-refractivity contribution is -0.147. The van der Waals surface area contributed by atoms with E-state index in [9.17, 15) is 4.79 Å². The molecular formula is C11H13ClO3. The second-order valence-electron chi connectivity index (χ2n) is 3.19. The quantitative estimate of drug-likeness (QED) is 0.746. The van der Waals surface area contributed by atoms with E-state index in [-0.39, 0.29) is 0 Å². The third kappa shape index (κ3) is 3.13. The van der Waals surface area contributed by atoms with Gasteiger partial charge in [0, 0.05) is 5.02 Å². The largest absolute Gasteiger partial charge is 0.479 e. The van der Waals surface area contributed by atoms with Gasteiger partial charge in [-0.3, -0.25) is 0 Å². The van der Waals surface area contributed by atoms with Gasteiger partial charge in [-0.1, -0.05) is 11.6 Å². The molecule has 0 aliphatic rings. The number of halogens is 1. The maximum Gasteiger partial charge on any atom is 0.346 e. The molecule has 0 amide bonds. The van der Waals surface area contributed by atoms with E-state index in [1.54, 1.807) is 25.1 Å². The molecule has 0 saturated carbocycles. The first kappa shape index (κ1) is 11.9. The molecule has 15 heavy (non-hydrogen) atoms. The second kappa shape index (κ2) is 5.03. The van der Waals surface area contributed by atoms with Crippen LogP contribution in [0.1, 0.15) is 12.5 Å². The highest BCUT2D eigenvalue weighted by atomic mass is 35.5. The van der Waals surface area contributed by atoms with Crippen LogP contribution < -0.4 is 4.74 Å². The predicted octanol–water partition coefficient (Wildman–Crippen LogP) is 2.59. The van der Waals surface area contributed by atoms with Crippen LogP contribution in [0.5, 0.6) is 5.75 Å². The van der Waals surface area contributed by atoms with Crippen molar-refractivity contribution in [3.05, 3.63) is 28.8 Å². The van der Waals surface area contributed by atoms with Crippen molar-refractivity contribution in [3.8, 4) is 5.75 Å². The highest BCUT2D eigenvalue weighted by Crippen LogP contribution is 2.22. The zero-order valence-corrected chi connectivity index (χ0v) is 9.67. The molecule has 0 aliphatic carbocycles. The molecule has 0 N–H and O–H groups in total. The van der Waals surface area contributed by atoms with Gasteiger partial charge in [0.25, 0.3) is 0 Å². The van der Waals surface area contributed by atoms with Crippen LogP contribution in [0.4, 0.5) is 0 Å². The lowest BCUT2D eigenvalue weighted by atomic mass is 10.2. The molecule has 4 heteroatoms. The highest BCUT2D eigenvalue weighted by Gasteiger charge is 2.15. The maximum absolute atomic E-state index is 11.1. The SMILES string of the molecule is COC(=O)[C@H](C)Oc1ccc(Cl)cc1C. The molecular weight excluding hydrogens is 216 g/mol. The zero-order chi connectivity index (χ0) is 11.4. The molecule has 0 bridgehead atoms. The van der Waals surface area contributed by atoms with Gasteiger partial charge in [0.2, 0.25) is 0 Å². The summed E-state index contributed by atoms with van der Waals surface area (Å²) >= 11 is 5.80. The minimum Gasteiger partial charge on any atom is -0.479 e. The predicted molar refractivity (Wildman–Crippen MR) is 58.3 cm³/mol. The molecule has 0 saturated heterocycles. The van der Waals surface area contributed by atoms with Crippen LogP contribution in [0.3, 0.4) is 0 Å². The molecule has 1 aromatic rings. The van der Waals surface area contributed by atoms with Gasteiger partial charge in [-0.25, -0.2) is 4.79 Å². The number of aryl methyl sites for hydroxylation is 1. The fraction of sp³-hybridized carbons (Fsp3) is 0.364. The minimum atomic E-state index is -0.616. The van der Waals surface area contributed by atoms with Gasteiger partial charge in [0.1, 0.15) is 5.75 Å². The molecule has 1 atom stereocenters. The van der Waals surface area contributed by atoms with E-state index in [1.165, 1.54) is 7.11 Å². The second-order valence-corrected chi connectivity index (χ2v) is 3.63. The molecule has 0 aliphatic heterocycles. The third-order valence-corrected chi connectivity index (χ3v) is 2.21. The normalized spacial score (nSPS) is 12.0. The van der Waals surface area contributed by atoms with E-state index in [1.807, 2.05) is 6.92 Å². The average molecular weight is 229 g/mol. The summed E-state index contributed by atoms with van der Waals surface area (Å²) < 4.78 is 9.98. The van der Waals surface area contributed by atoms with Crippen LogP contribution in [-0.4, -0.2) is 19.2 Å². The molecule has 0 spiro atoms. The summed E-state index contributed by atoms with van der Waals surface area (Å²) in [6, 6.07) is 5.23. The van der Waals surface area contributed by atoms with Crippen molar-refractivity contribution in [3.63, 3.8) is 0 Å². The lowest BCUT2D eigenvalue weighted by Gasteiger charge is -2.14. The van der Waals surface area contributed by atoms with Gasteiger partial charge in [0.05, 0.1) is 7.11 Å². The Morgan fingerprint density at radius 1 is 1.47 bits per heavy atom. The van der Waals surface area contributed by atoms with Gasteiger partial charge >= 0.3 is 5.97 Å². The van der Waals surface area contributed by atoms with Gasteiger partial charge in [-0.15, -0.1) is 0 Å². The third-order valence-electron chi connectivity index (χ3n) is 1.97. The molecule has 0 radical (unpaired) electrons. The Hall–Kier alpha value is -1.22. The van der Waals surface area contributed by atoms with Crippen LogP contribution >= 0.6 is 11.6 Å². The van der Waals surface area contributed by atoms with Gasteiger partial charge in [-0.05, 0) is 37.6 Å². The highest BCUT2D eigenvalue weighted by molar-refractivity contribution is 6.30. The van der Waals surface area contributed by atoms with E-state index >= 15 is 0 Å². The molecule has 0 fully saturated rings. The first-order valence-electron chi connectivity index (χ1n) is 4.55. The molecule has 82 valence electrons. The summed E-state index contributed by atoms with van der Waals surface area (Å²) in [4.78, 5) is 11.1. The van der Waals surface area contributed by atoms with E-state index in [4.69, 9.17) is 16.3 Å². The van der Waals surface area contributed by atoms with E-state index in [0.29, 0.717) is 10.8 Å². The van der Waals surface area contributed by atoms with Gasteiger partial charge in [0.15, 0.2) is 6.10 Å². The Morgan fingerprint density at radius 2 is 2.13 bits per heavy atom. The maximum atomic E-state index is 11.1. The monoisotopic (exact) mass is 228 g/mol. The Labute approximate surface area is 93.9 Å². The Bertz CT molecular complexity index is 363. The van der Waals surface area contributed by atoms with Crippen molar-refractivity contribution in [2.75, 3.05) is 7.11 Å². The smallest absolute Gasteiger partial charge is 0.346 e. The molecule has 0 unspecified atom stereocenters. The first-order chi connectivity index (χ1) is 7.04. The Balaban J connectivity index is 2.76. The standard InChI is InChI=1S/C11H13ClO3/c1-7-6-9(12)4-5-10(7)15-8(2)11(13)14-3/h4-6,8H,1-3H3/t8-/m0/s1. The van der Waals surface area contributed by atoms with Gasteiger partial charge in [-0.2, -0.15) is 0 Å². The topological polar surface area (TPSA) is 35.5 Å². The number of hydrogen-bond acceptors (Lipinski definition) is 3. The fourth-order valence-corrected chi connectivity index (χ4v) is 1.38. The van der Waals surface area contributed by atoms with Gasteiger partial charge < -0.3 is 9.47 Å². The number of ether oxygens (including phenoxy) is 2. The van der Waals surface area contributed by atoms with Crippen LogP contribution in [0, 0.1) is 6.92 Å². The van der Waals surface area contributed by atoms with Crippen molar-refractivity contribution < 1.29 is 14.3 Å². The van der Waals surface area contributed by atoms with Crippen LogP contribution in [0.2, 0.25) is 5.02 Å². The summed E-state index contributed by atoms with van der Waals surface area (Å²) in [6.07, 6.45) is -0.616. The van der Waals surface area contributed by atoms with E-state index < -0.39 is 12.1 Å². The van der Waals surface area contributed by atoms with Crippen molar-refractivity contribution in [2.45, 2.75) is 20.0 Å². The zero-order valence-electron chi connectivity index (χ0n) is 8.91. The van der Waals surface area contributed by atoms with E-state index in [2.05, 4.69) is 4.74 Å². The van der Waals surface area contributed by atoms with Crippen LogP contribution in [0.15, 0.2) is 18.2 Å². The number of carbonyl (C=O) groups excluding carboxylic acids is 1. The van der Waals surface area contributed by atoms with Crippen molar-refractivity contribution in [2.24, 2.45) is 0 Å². The van der Waals surface area contributed by atoms with Crippen molar-refractivity contribution in [1.82, 2.24) is 0 Å². The van der Waals surface area contributed by atoms with Crippen molar-refractivity contribution in [1.29, 1.82) is 0 Å². The summed E-state index contributed by atoms with van der Waals surface area (Å²) in [6.45, 7) is 3.51. The lowest BCUT2D eigenvalue weighted by Crippen LogP contribution is -2.25. The summed E-state index contributed by atoms with van der Waals surface area (Å²) in [5, 5.41) is 0.644. The average Bonchev–Trinajstić information content (AvgIpc) is 2.20. The minimum absolute atomic E-state index is 0.399. The summed E-state index contributed by atoms with van der Waals surface area (Å²) in [5.41, 5.74) is 0.887. The Kier molecular flexibility index (Phi) is 3.97.